The molecule has 2 heterocycles. The molecule has 0 spiro atoms. The second kappa shape index (κ2) is 13.8. The van der Waals surface area contributed by atoms with Gasteiger partial charge >= 0.3 is 12.8 Å². The Labute approximate surface area is 251 Å². The van der Waals surface area contributed by atoms with Gasteiger partial charge in [0.05, 0.1) is 40.0 Å². The molecule has 1 fully saturated rings. The van der Waals surface area contributed by atoms with Crippen LogP contribution in [0.15, 0.2) is 36.4 Å². The summed E-state index contributed by atoms with van der Waals surface area (Å²) in [5.74, 6) is 5.43. The molecule has 43 heavy (non-hydrogen) atoms. The van der Waals surface area contributed by atoms with E-state index in [0.29, 0.717) is 46.4 Å². The van der Waals surface area contributed by atoms with Gasteiger partial charge in [-0.05, 0) is 48.7 Å². The van der Waals surface area contributed by atoms with Gasteiger partial charge in [0.1, 0.15) is 19.1 Å². The van der Waals surface area contributed by atoms with E-state index in [1.807, 2.05) is 11.9 Å². The number of hydrogen-bond acceptors (Lipinski definition) is 6. The summed E-state index contributed by atoms with van der Waals surface area (Å²) in [6, 6.07) is 8.92. The smallest absolute Gasteiger partial charge is 0.393 e. The number of likely N-dealkylation sites (tertiary alicyclic amines) is 1. The quantitative estimate of drug-likeness (QED) is 0.136. The van der Waals surface area contributed by atoms with Crippen LogP contribution in [0.1, 0.15) is 30.7 Å². The first-order valence-corrected chi connectivity index (χ1v) is 16.8. The molecule has 0 unspecified atom stereocenters. The number of alkyl halides is 6. The highest BCUT2D eigenvalue weighted by Gasteiger charge is 2.32. The van der Waals surface area contributed by atoms with Crippen molar-refractivity contribution in [2.75, 3.05) is 49.6 Å². The number of anilines is 2. The molecule has 1 aliphatic rings. The van der Waals surface area contributed by atoms with Gasteiger partial charge in [0.15, 0.2) is 0 Å². The van der Waals surface area contributed by atoms with E-state index in [-0.39, 0.29) is 35.0 Å². The Morgan fingerprint density at radius 3 is 2.56 bits per heavy atom. The molecule has 0 bridgehead atoms. The van der Waals surface area contributed by atoms with Crippen LogP contribution in [0.4, 0.5) is 37.7 Å². The van der Waals surface area contributed by atoms with Gasteiger partial charge in [-0.3, -0.25) is 0 Å². The van der Waals surface area contributed by atoms with E-state index in [1.54, 1.807) is 38.1 Å². The number of fused-ring (bicyclic) bond motifs is 1. The Hall–Kier alpha value is -2.87. The normalized spacial score (nSPS) is 18.0. The minimum atomic E-state index is -4.48. The Morgan fingerprint density at radius 2 is 1.91 bits per heavy atom. The van der Waals surface area contributed by atoms with Gasteiger partial charge in [-0.25, -0.2) is 4.39 Å². The molecular formula is C30H34F6N3O2PS. The van der Waals surface area contributed by atoms with Crippen LogP contribution < -0.4 is 20.7 Å². The lowest BCUT2D eigenvalue weighted by Crippen LogP contribution is -2.46. The van der Waals surface area contributed by atoms with Gasteiger partial charge in [-0.1, -0.05) is 37.8 Å². The fraction of sp³-hybridized carbons (Fsp3) is 0.467. The van der Waals surface area contributed by atoms with Crippen LogP contribution in [0.3, 0.4) is 0 Å². The SMILES string of the molecule is CCP(=O)(CC)c1ccc(NCC#Cc2sc3c(N[C@H]4CCN(C)C[C@H]4F)cccc3c2CC(F)(F)F)c(OC(F)F)c1. The van der Waals surface area contributed by atoms with Crippen LogP contribution in [-0.2, 0) is 11.0 Å². The lowest BCUT2D eigenvalue weighted by atomic mass is 10.0. The van der Waals surface area contributed by atoms with Crippen molar-refractivity contribution < 1.29 is 35.6 Å². The Kier molecular flexibility index (Phi) is 10.6. The number of hydrogen-bond donors (Lipinski definition) is 2. The maximum Gasteiger partial charge on any atom is 0.393 e. The van der Waals surface area contributed by atoms with Crippen molar-refractivity contribution in [2.24, 2.45) is 0 Å². The second-order valence-electron chi connectivity index (χ2n) is 10.4. The number of benzene rings is 2. The fourth-order valence-corrected chi connectivity index (χ4v) is 8.18. The molecule has 0 amide bonds. The van der Waals surface area contributed by atoms with Crippen molar-refractivity contribution in [3.8, 4) is 17.6 Å². The molecule has 1 saturated heterocycles. The van der Waals surface area contributed by atoms with Crippen LogP contribution in [0.5, 0.6) is 5.75 Å². The van der Waals surface area contributed by atoms with Gasteiger partial charge in [0.25, 0.3) is 0 Å². The van der Waals surface area contributed by atoms with Crippen molar-refractivity contribution in [3.05, 3.63) is 46.8 Å². The molecule has 2 atom stereocenters. The number of piperidine rings is 1. The summed E-state index contributed by atoms with van der Waals surface area (Å²) in [7, 11) is -0.917. The molecule has 1 aromatic heterocycles. The lowest BCUT2D eigenvalue weighted by molar-refractivity contribution is -0.126. The van der Waals surface area contributed by atoms with Gasteiger partial charge in [-0.15, -0.1) is 11.3 Å². The number of nitrogens with one attached hydrogen (secondary N) is 2. The van der Waals surface area contributed by atoms with E-state index in [4.69, 9.17) is 0 Å². The predicted octanol–water partition coefficient (Wildman–Crippen LogP) is 7.55. The summed E-state index contributed by atoms with van der Waals surface area (Å²) in [5, 5.41) is 6.91. The van der Waals surface area contributed by atoms with Crippen LogP contribution in [-0.4, -0.2) is 68.9 Å². The zero-order chi connectivity index (χ0) is 31.4. The summed E-state index contributed by atoms with van der Waals surface area (Å²) < 4.78 is 100. The van der Waals surface area contributed by atoms with Crippen molar-refractivity contribution in [2.45, 2.75) is 51.7 Å². The molecule has 3 aromatic rings. The molecule has 5 nitrogen and oxygen atoms in total. The maximum absolute atomic E-state index is 14.7. The minimum absolute atomic E-state index is 0.0322. The van der Waals surface area contributed by atoms with Crippen molar-refractivity contribution in [3.63, 3.8) is 0 Å². The summed E-state index contributed by atoms with van der Waals surface area (Å²) in [6.45, 7) is 1.31. The Balaban J connectivity index is 1.61. The van der Waals surface area contributed by atoms with Crippen molar-refractivity contribution in [1.29, 1.82) is 0 Å². The third kappa shape index (κ3) is 8.20. The number of rotatable bonds is 10. The number of thiophene rings is 1. The number of ether oxygens (including phenoxy) is 1. The van der Waals surface area contributed by atoms with Gasteiger partial charge in [0, 0.05) is 30.7 Å². The average molecular weight is 646 g/mol. The first-order chi connectivity index (χ1) is 20.3. The largest absolute Gasteiger partial charge is 0.433 e. The lowest BCUT2D eigenvalue weighted by Gasteiger charge is -2.33. The highest BCUT2D eigenvalue weighted by Crippen LogP contribution is 2.45. The van der Waals surface area contributed by atoms with Gasteiger partial charge < -0.3 is 24.8 Å². The van der Waals surface area contributed by atoms with E-state index in [9.17, 15) is 30.9 Å². The zero-order valence-electron chi connectivity index (χ0n) is 24.0. The van der Waals surface area contributed by atoms with E-state index in [2.05, 4.69) is 27.2 Å². The predicted molar refractivity (Wildman–Crippen MR) is 163 cm³/mol. The third-order valence-electron chi connectivity index (χ3n) is 7.52. The molecule has 13 heteroatoms. The summed E-state index contributed by atoms with van der Waals surface area (Å²) in [5.41, 5.74) is 0.777. The summed E-state index contributed by atoms with van der Waals surface area (Å²) in [6.07, 6.45) is -5.50. The molecule has 234 valence electrons. The Bertz CT molecular complexity index is 1530. The molecule has 2 N–H and O–H groups in total. The van der Waals surface area contributed by atoms with Crippen LogP contribution in [0.25, 0.3) is 10.1 Å². The molecular weight excluding hydrogens is 611 g/mol. The highest BCUT2D eigenvalue weighted by molar-refractivity contribution is 7.71. The first-order valence-electron chi connectivity index (χ1n) is 13.9. The molecule has 0 radical (unpaired) electrons. The average Bonchev–Trinajstić information content (AvgIpc) is 3.29. The second-order valence-corrected chi connectivity index (χ2v) is 15.0. The number of halogens is 6. The van der Waals surface area contributed by atoms with Crippen LogP contribution >= 0.6 is 18.5 Å². The summed E-state index contributed by atoms with van der Waals surface area (Å²) in [4.78, 5) is 2.11. The summed E-state index contributed by atoms with van der Waals surface area (Å²) >= 11 is 1.10. The topological polar surface area (TPSA) is 53.6 Å². The van der Waals surface area contributed by atoms with E-state index < -0.39 is 38.6 Å². The van der Waals surface area contributed by atoms with E-state index >= 15 is 0 Å². The Morgan fingerprint density at radius 1 is 1.16 bits per heavy atom. The van der Waals surface area contributed by atoms with Gasteiger partial charge in [0.2, 0.25) is 0 Å². The van der Waals surface area contributed by atoms with Gasteiger partial charge in [-0.2, -0.15) is 22.0 Å². The van der Waals surface area contributed by atoms with E-state index in [1.165, 1.54) is 12.1 Å². The van der Waals surface area contributed by atoms with Crippen molar-refractivity contribution in [1.82, 2.24) is 4.90 Å². The zero-order valence-corrected chi connectivity index (χ0v) is 25.7. The third-order valence-corrected chi connectivity index (χ3v) is 12.0. The molecule has 0 saturated carbocycles. The first kappa shape index (κ1) is 33.0. The molecule has 2 aromatic carbocycles. The maximum atomic E-state index is 14.7. The molecule has 4 rings (SSSR count). The number of nitrogens with zero attached hydrogens (tertiary/aromatic N) is 1. The monoisotopic (exact) mass is 645 g/mol. The molecule has 1 aliphatic heterocycles. The molecule has 0 aliphatic carbocycles. The fourth-order valence-electron chi connectivity index (χ4n) is 5.14. The van der Waals surface area contributed by atoms with Crippen LogP contribution in [0.2, 0.25) is 0 Å². The van der Waals surface area contributed by atoms with Crippen LogP contribution in [0, 0.1) is 11.8 Å². The minimum Gasteiger partial charge on any atom is -0.433 e. The van der Waals surface area contributed by atoms with E-state index in [0.717, 1.165) is 11.3 Å². The highest BCUT2D eigenvalue weighted by atomic mass is 32.1. The standard InChI is InChI=1S/C30H34F6N3O2PS/c1-4-42(40,5-2)19-11-12-24(26(16-19)41-29(32)33)37-14-7-10-27-21(17-30(34,35)36)20-8-6-9-25(28(20)43-27)38-23-13-15-39(3)18-22(23)31/h6,8-9,11-12,16,22-23,29,37-38H,4-5,13-15,17-18H2,1-3H3/t22-,23+/m1/s1. The van der Waals surface area contributed by atoms with Crippen molar-refractivity contribution >= 4 is 45.2 Å².